The summed E-state index contributed by atoms with van der Waals surface area (Å²) in [5.41, 5.74) is 1.03. The Hall–Kier alpha value is -1.60. The number of carbonyl (C=O) groups is 1. The molecule has 0 aliphatic rings. The van der Waals surface area contributed by atoms with Gasteiger partial charge < -0.3 is 15.2 Å². The van der Waals surface area contributed by atoms with E-state index in [2.05, 4.69) is 42.2 Å². The first-order valence-electron chi connectivity index (χ1n) is 6.52. The van der Waals surface area contributed by atoms with Crippen molar-refractivity contribution < 1.29 is 14.6 Å². The Balaban J connectivity index is 2.01. The second-order valence-corrected chi connectivity index (χ2v) is 6.36. The third-order valence-corrected chi connectivity index (χ3v) is 3.85. The number of carboxylic acid groups (broad SMARTS) is 1. The molecule has 0 saturated heterocycles. The number of benzene rings is 1. The Morgan fingerprint density at radius 3 is 2.68 bits per heavy atom. The van der Waals surface area contributed by atoms with Crippen molar-refractivity contribution in [1.82, 2.24) is 10.3 Å². The van der Waals surface area contributed by atoms with E-state index in [0.717, 1.165) is 10.0 Å². The van der Waals surface area contributed by atoms with E-state index in [0.29, 0.717) is 16.8 Å². The molecule has 1 aromatic heterocycles. The van der Waals surface area contributed by atoms with Gasteiger partial charge in [-0.1, -0.05) is 30.3 Å². The molecular weight excluding hydrogens is 416 g/mol. The normalized spacial score (nSPS) is 11.7. The largest absolute Gasteiger partial charge is 0.475 e. The Bertz CT molecular complexity index is 638. The molecule has 2 N–H and O–H groups in total. The number of nitrogens with one attached hydrogen (secondary N) is 1. The highest BCUT2D eigenvalue weighted by Crippen LogP contribution is 2.25. The summed E-state index contributed by atoms with van der Waals surface area (Å²) >= 11 is 6.68. The second kappa shape index (κ2) is 8.14. The number of ether oxygens (including phenoxy) is 1. The molecule has 22 heavy (non-hydrogen) atoms. The van der Waals surface area contributed by atoms with E-state index in [9.17, 15) is 4.79 Å². The minimum atomic E-state index is -1.08. The fraction of sp³-hybridized carbons (Fsp3) is 0.200. The Kier molecular flexibility index (Phi) is 6.21. The lowest BCUT2D eigenvalue weighted by Crippen LogP contribution is -2.40. The molecular formula is C15H14Br2N2O3. The number of halogens is 2. The topological polar surface area (TPSA) is 71.5 Å². The quantitative estimate of drug-likeness (QED) is 0.731. The molecule has 0 aliphatic carbocycles. The summed E-state index contributed by atoms with van der Waals surface area (Å²) in [6.45, 7) is 0.189. The molecule has 0 unspecified atom stereocenters. The number of hydrogen-bond acceptors (Lipinski definition) is 3. The molecule has 0 aliphatic heterocycles. The number of amides is 1. The SMILES string of the molecule is O=C(O)N[C@H](COc1ncc(Br)cc1Br)Cc1ccccc1. The highest BCUT2D eigenvalue weighted by atomic mass is 79.9. The molecule has 2 aromatic rings. The predicted octanol–water partition coefficient (Wildman–Crippen LogP) is 3.86. The number of pyridine rings is 1. The highest BCUT2D eigenvalue weighted by Gasteiger charge is 2.14. The van der Waals surface area contributed by atoms with Crippen molar-refractivity contribution in [2.24, 2.45) is 0 Å². The van der Waals surface area contributed by atoms with Crippen LogP contribution >= 0.6 is 31.9 Å². The third-order valence-electron chi connectivity index (χ3n) is 2.85. The lowest BCUT2D eigenvalue weighted by atomic mass is 10.1. The van der Waals surface area contributed by atoms with Crippen LogP contribution in [0.5, 0.6) is 5.88 Å². The van der Waals surface area contributed by atoms with Crippen LogP contribution in [-0.4, -0.2) is 28.8 Å². The first-order valence-corrected chi connectivity index (χ1v) is 8.10. The van der Waals surface area contributed by atoms with E-state index in [4.69, 9.17) is 9.84 Å². The molecule has 1 amide bonds. The maximum absolute atomic E-state index is 10.9. The van der Waals surface area contributed by atoms with Gasteiger partial charge in [-0.25, -0.2) is 9.78 Å². The van der Waals surface area contributed by atoms with Gasteiger partial charge in [0.2, 0.25) is 5.88 Å². The molecule has 5 nitrogen and oxygen atoms in total. The molecule has 0 spiro atoms. The van der Waals surface area contributed by atoms with Gasteiger partial charge in [-0.2, -0.15) is 0 Å². The van der Waals surface area contributed by atoms with E-state index >= 15 is 0 Å². The van der Waals surface area contributed by atoms with Crippen LogP contribution in [0.1, 0.15) is 5.56 Å². The van der Waals surface area contributed by atoms with Crippen LogP contribution in [0, 0.1) is 0 Å². The Labute approximate surface area is 145 Å². The van der Waals surface area contributed by atoms with Crippen LogP contribution in [0.25, 0.3) is 0 Å². The van der Waals surface area contributed by atoms with Gasteiger partial charge in [0.25, 0.3) is 0 Å². The molecule has 1 atom stereocenters. The minimum absolute atomic E-state index is 0.189. The number of hydrogen-bond donors (Lipinski definition) is 2. The van der Waals surface area contributed by atoms with Crippen LogP contribution in [0.2, 0.25) is 0 Å². The fourth-order valence-electron chi connectivity index (χ4n) is 1.91. The standard InChI is InChI=1S/C15H14Br2N2O3/c16-11-7-13(17)14(18-8-11)22-9-12(19-15(20)21)6-10-4-2-1-3-5-10/h1-5,7-8,12,19H,6,9H2,(H,20,21)/t12-/m0/s1. The van der Waals surface area contributed by atoms with Gasteiger partial charge in [0, 0.05) is 10.7 Å². The second-order valence-electron chi connectivity index (χ2n) is 4.59. The van der Waals surface area contributed by atoms with Gasteiger partial charge >= 0.3 is 6.09 Å². The summed E-state index contributed by atoms with van der Waals surface area (Å²) < 4.78 is 7.16. The molecule has 0 radical (unpaired) electrons. The lowest BCUT2D eigenvalue weighted by Gasteiger charge is -2.18. The maximum atomic E-state index is 10.9. The van der Waals surface area contributed by atoms with Gasteiger partial charge in [-0.15, -0.1) is 0 Å². The van der Waals surface area contributed by atoms with Gasteiger partial charge in [0.15, 0.2) is 0 Å². The van der Waals surface area contributed by atoms with E-state index < -0.39 is 6.09 Å². The zero-order chi connectivity index (χ0) is 15.9. The number of aromatic nitrogens is 1. The van der Waals surface area contributed by atoms with Crippen molar-refractivity contribution in [1.29, 1.82) is 0 Å². The Morgan fingerprint density at radius 2 is 2.05 bits per heavy atom. The van der Waals surface area contributed by atoms with Crippen LogP contribution in [-0.2, 0) is 6.42 Å². The van der Waals surface area contributed by atoms with Crippen molar-refractivity contribution in [3.05, 3.63) is 57.1 Å². The lowest BCUT2D eigenvalue weighted by molar-refractivity contribution is 0.179. The third kappa shape index (κ3) is 5.31. The first-order chi connectivity index (χ1) is 10.5. The summed E-state index contributed by atoms with van der Waals surface area (Å²) in [4.78, 5) is 15.1. The molecule has 116 valence electrons. The Morgan fingerprint density at radius 1 is 1.32 bits per heavy atom. The summed E-state index contributed by atoms with van der Waals surface area (Å²) in [7, 11) is 0. The summed E-state index contributed by atoms with van der Waals surface area (Å²) in [6.07, 6.45) is 1.09. The average Bonchev–Trinajstić information content (AvgIpc) is 2.46. The van der Waals surface area contributed by atoms with Gasteiger partial charge in [0.1, 0.15) is 6.61 Å². The van der Waals surface area contributed by atoms with Gasteiger partial charge in [-0.3, -0.25) is 0 Å². The minimum Gasteiger partial charge on any atom is -0.475 e. The van der Waals surface area contributed by atoms with Crippen LogP contribution in [0.4, 0.5) is 4.79 Å². The zero-order valence-electron chi connectivity index (χ0n) is 11.5. The summed E-state index contributed by atoms with van der Waals surface area (Å²) in [5, 5.41) is 11.4. The van der Waals surface area contributed by atoms with Crippen molar-refractivity contribution in [2.75, 3.05) is 6.61 Å². The van der Waals surface area contributed by atoms with E-state index in [1.165, 1.54) is 0 Å². The fourth-order valence-corrected chi connectivity index (χ4v) is 3.01. The van der Waals surface area contributed by atoms with Crippen molar-refractivity contribution in [2.45, 2.75) is 12.5 Å². The molecule has 1 heterocycles. The zero-order valence-corrected chi connectivity index (χ0v) is 14.7. The molecule has 1 aromatic carbocycles. The predicted molar refractivity (Wildman–Crippen MR) is 90.2 cm³/mol. The van der Waals surface area contributed by atoms with E-state index in [1.54, 1.807) is 6.20 Å². The molecule has 0 bridgehead atoms. The summed E-state index contributed by atoms with van der Waals surface area (Å²) in [6, 6.07) is 11.1. The molecule has 7 heteroatoms. The number of rotatable bonds is 6. The van der Waals surface area contributed by atoms with Crippen molar-refractivity contribution in [3.8, 4) is 5.88 Å². The van der Waals surface area contributed by atoms with Crippen LogP contribution in [0.3, 0.4) is 0 Å². The van der Waals surface area contributed by atoms with Gasteiger partial charge in [-0.05, 0) is 49.9 Å². The smallest absolute Gasteiger partial charge is 0.405 e. The molecule has 0 saturated carbocycles. The average molecular weight is 430 g/mol. The first kappa shape index (κ1) is 16.8. The molecule has 0 fully saturated rings. The van der Waals surface area contributed by atoms with E-state index in [-0.39, 0.29) is 12.6 Å². The van der Waals surface area contributed by atoms with E-state index in [1.807, 2.05) is 36.4 Å². The molecule has 2 rings (SSSR count). The maximum Gasteiger partial charge on any atom is 0.405 e. The monoisotopic (exact) mass is 428 g/mol. The number of nitrogens with zero attached hydrogens (tertiary/aromatic N) is 1. The van der Waals surface area contributed by atoms with Crippen molar-refractivity contribution in [3.63, 3.8) is 0 Å². The van der Waals surface area contributed by atoms with Crippen molar-refractivity contribution >= 4 is 38.0 Å². The van der Waals surface area contributed by atoms with Crippen LogP contribution < -0.4 is 10.1 Å². The van der Waals surface area contributed by atoms with Crippen LogP contribution in [0.15, 0.2) is 51.5 Å². The summed E-state index contributed by atoms with van der Waals surface area (Å²) in [5.74, 6) is 0.424. The van der Waals surface area contributed by atoms with Gasteiger partial charge in [0.05, 0.1) is 10.5 Å². The highest BCUT2D eigenvalue weighted by molar-refractivity contribution is 9.11.